The molecular weight excluding hydrogens is 115 g/mol. The predicted molar refractivity (Wildman–Crippen MR) is 27.0 cm³/mol. The highest BCUT2D eigenvalue weighted by molar-refractivity contribution is 6.15. The third kappa shape index (κ3) is 29.9. The second-order valence-corrected chi connectivity index (χ2v) is 0.523. The molecule has 0 aliphatic carbocycles. The maximum atomic E-state index is 9.14. The lowest BCUT2D eigenvalue weighted by Crippen LogP contribution is -2.17. The zero-order valence-corrected chi connectivity index (χ0v) is 4.73. The van der Waals surface area contributed by atoms with E-state index in [1.807, 2.05) is 0 Å². The van der Waals surface area contributed by atoms with Gasteiger partial charge in [-0.05, 0) is 6.08 Å². The molecule has 42 valence electrons. The molecule has 0 saturated heterocycles. The quantitative estimate of drug-likeness (QED) is 0.355. The van der Waals surface area contributed by atoms with Crippen LogP contribution in [0.5, 0.6) is 0 Å². The summed E-state index contributed by atoms with van der Waals surface area (Å²) in [5, 5.41) is 9.14. The monoisotopic (exact) mass is 121 g/mol. The van der Waals surface area contributed by atoms with E-state index in [4.69, 9.17) is 9.90 Å². The van der Waals surface area contributed by atoms with Crippen LogP contribution in [0.15, 0.2) is 12.7 Å². The molecule has 0 rings (SSSR count). The number of hydrogen-bond acceptors (Lipinski definition) is 2. The highest BCUT2D eigenvalue weighted by Gasteiger charge is 1.55. The van der Waals surface area contributed by atoms with Crippen molar-refractivity contribution in [1.82, 2.24) is 0 Å². The van der Waals surface area contributed by atoms with Crippen molar-refractivity contribution in [2.45, 2.75) is 0 Å². The number of carboxylic acid groups (broad SMARTS) is 1. The van der Waals surface area contributed by atoms with E-state index in [-0.39, 0.29) is 0 Å². The van der Waals surface area contributed by atoms with Crippen molar-refractivity contribution in [2.75, 3.05) is 6.38 Å². The predicted octanol–water partition coefficient (Wildman–Crippen LogP) is -0.223. The largest absolute Gasteiger partial charge is 0.545 e. The van der Waals surface area contributed by atoms with Gasteiger partial charge in [-0.3, -0.25) is 0 Å². The van der Waals surface area contributed by atoms with Gasteiger partial charge in [0.2, 0.25) is 0 Å². The molecule has 0 aromatic carbocycles. The molecule has 0 aromatic rings. The van der Waals surface area contributed by atoms with E-state index < -0.39 is 5.97 Å². The second-order valence-electron chi connectivity index (χ2n) is 0.523. The number of aliphatic carboxylic acids is 1. The molecule has 7 heavy (non-hydrogen) atoms. The maximum absolute atomic E-state index is 9.14. The van der Waals surface area contributed by atoms with Crippen LogP contribution in [0.3, 0.4) is 0 Å². The Morgan fingerprint density at radius 1 is 1.86 bits per heavy atom. The van der Waals surface area contributed by atoms with Crippen LogP contribution in [0.4, 0.5) is 0 Å². The van der Waals surface area contributed by atoms with E-state index in [1.165, 1.54) is 6.38 Å². The SMILES string of the molecule is C=CC(=O)[O-].CCl. The molecule has 0 aliphatic rings. The van der Waals surface area contributed by atoms with Crippen molar-refractivity contribution in [3.8, 4) is 0 Å². The highest BCUT2D eigenvalue weighted by atomic mass is 35.5. The Kier molecular flexibility index (Phi) is 12.6. The molecule has 0 unspecified atom stereocenters. The van der Waals surface area contributed by atoms with E-state index in [2.05, 4.69) is 18.2 Å². The molecule has 0 aromatic heterocycles. The Balaban J connectivity index is 0. The topological polar surface area (TPSA) is 40.1 Å². The minimum atomic E-state index is -1.23. The fourth-order valence-corrected chi connectivity index (χ4v) is 0. The second kappa shape index (κ2) is 9.09. The van der Waals surface area contributed by atoms with Crippen LogP contribution in [0.25, 0.3) is 0 Å². The molecule has 3 heteroatoms. The van der Waals surface area contributed by atoms with Gasteiger partial charge in [0.25, 0.3) is 0 Å². The molecule has 0 spiro atoms. The number of halogens is 1. The smallest absolute Gasteiger partial charge is 0.0636 e. The summed E-state index contributed by atoms with van der Waals surface area (Å²) in [4.78, 5) is 9.14. The van der Waals surface area contributed by atoms with Crippen molar-refractivity contribution in [3.63, 3.8) is 0 Å². The summed E-state index contributed by atoms with van der Waals surface area (Å²) in [7, 11) is 0. The Hall–Kier alpha value is -0.500. The summed E-state index contributed by atoms with van der Waals surface area (Å²) >= 11 is 4.64. The summed E-state index contributed by atoms with van der Waals surface area (Å²) in [6.45, 7) is 2.90. The third-order valence-corrected chi connectivity index (χ3v) is 0.167. The van der Waals surface area contributed by atoms with Crippen LogP contribution in [0.1, 0.15) is 0 Å². The molecule has 0 N–H and O–H groups in total. The minimum Gasteiger partial charge on any atom is -0.545 e. The van der Waals surface area contributed by atoms with Crippen molar-refractivity contribution < 1.29 is 9.90 Å². The van der Waals surface area contributed by atoms with E-state index in [1.54, 1.807) is 0 Å². The first-order valence-electron chi connectivity index (χ1n) is 1.48. The first-order valence-corrected chi connectivity index (χ1v) is 2.24. The summed E-state index contributed by atoms with van der Waals surface area (Å²) in [5.74, 6) is -1.23. The standard InChI is InChI=1S/C3H4O2.CH3Cl/c1-2-3(4)5;1-2/h2H,1H2,(H,4,5);1H3/p-1. The first-order chi connectivity index (χ1) is 3.27. The molecule has 2 nitrogen and oxygen atoms in total. The molecule has 0 saturated carbocycles. The zero-order chi connectivity index (χ0) is 6.28. The zero-order valence-electron chi connectivity index (χ0n) is 3.98. The lowest BCUT2D eigenvalue weighted by Gasteiger charge is -1.81. The molecular formula is C4H6ClO2-. The molecule has 0 heterocycles. The lowest BCUT2D eigenvalue weighted by atomic mass is 10.7. The lowest BCUT2D eigenvalue weighted by molar-refractivity contribution is -0.297. The van der Waals surface area contributed by atoms with Crippen molar-refractivity contribution in [1.29, 1.82) is 0 Å². The normalized spacial score (nSPS) is 5.43. The van der Waals surface area contributed by atoms with Gasteiger partial charge in [-0.15, -0.1) is 11.6 Å². The third-order valence-electron chi connectivity index (χ3n) is 0.167. The summed E-state index contributed by atoms with van der Waals surface area (Å²) < 4.78 is 0. The first kappa shape index (κ1) is 9.71. The Bertz CT molecular complexity index is 60.7. The summed E-state index contributed by atoms with van der Waals surface area (Å²) in [6.07, 6.45) is 2.19. The van der Waals surface area contributed by atoms with Crippen LogP contribution < -0.4 is 5.11 Å². The fraction of sp³-hybridized carbons (Fsp3) is 0.250. The van der Waals surface area contributed by atoms with Crippen molar-refractivity contribution in [2.24, 2.45) is 0 Å². The number of carbonyl (C=O) groups is 1. The number of hydrogen-bond donors (Lipinski definition) is 0. The maximum Gasteiger partial charge on any atom is 0.0636 e. The summed E-state index contributed by atoms with van der Waals surface area (Å²) in [6, 6.07) is 0. The van der Waals surface area contributed by atoms with E-state index >= 15 is 0 Å². The van der Waals surface area contributed by atoms with Crippen LogP contribution in [-0.4, -0.2) is 12.4 Å². The van der Waals surface area contributed by atoms with Gasteiger partial charge >= 0.3 is 0 Å². The highest BCUT2D eigenvalue weighted by Crippen LogP contribution is 1.47. The fourth-order valence-electron chi connectivity index (χ4n) is 0. The van der Waals surface area contributed by atoms with Gasteiger partial charge in [0.1, 0.15) is 0 Å². The van der Waals surface area contributed by atoms with Crippen molar-refractivity contribution >= 4 is 17.6 Å². The van der Waals surface area contributed by atoms with Gasteiger partial charge < -0.3 is 9.90 Å². The molecule has 0 fully saturated rings. The van der Waals surface area contributed by atoms with Crippen molar-refractivity contribution in [3.05, 3.63) is 12.7 Å². The van der Waals surface area contributed by atoms with Crippen LogP contribution in [0, 0.1) is 0 Å². The minimum absolute atomic E-state index is 0.722. The van der Waals surface area contributed by atoms with Gasteiger partial charge in [0.15, 0.2) is 0 Å². The van der Waals surface area contributed by atoms with Gasteiger partial charge in [0.05, 0.1) is 5.97 Å². The van der Waals surface area contributed by atoms with E-state index in [9.17, 15) is 0 Å². The average molecular weight is 122 g/mol. The van der Waals surface area contributed by atoms with Gasteiger partial charge in [0, 0.05) is 6.38 Å². The molecule has 0 atom stereocenters. The average Bonchev–Trinajstić information content (AvgIpc) is 1.73. The van der Waals surface area contributed by atoms with Crippen LogP contribution >= 0.6 is 11.6 Å². The molecule has 0 aliphatic heterocycles. The number of carbonyl (C=O) groups excluding carboxylic acids is 1. The van der Waals surface area contributed by atoms with Gasteiger partial charge in [-0.1, -0.05) is 6.58 Å². The Morgan fingerprint density at radius 2 is 2.00 bits per heavy atom. The number of rotatable bonds is 1. The summed E-state index contributed by atoms with van der Waals surface area (Å²) in [5.41, 5.74) is 0. The Morgan fingerprint density at radius 3 is 2.00 bits per heavy atom. The number of carboxylic acids is 1. The molecule has 0 bridgehead atoms. The van der Waals surface area contributed by atoms with Gasteiger partial charge in [-0.2, -0.15) is 0 Å². The molecule has 0 amide bonds. The van der Waals surface area contributed by atoms with Crippen LogP contribution in [0.2, 0.25) is 0 Å². The van der Waals surface area contributed by atoms with Gasteiger partial charge in [-0.25, -0.2) is 0 Å². The molecule has 0 radical (unpaired) electrons. The Labute approximate surface area is 47.4 Å². The van der Waals surface area contributed by atoms with E-state index in [0.29, 0.717) is 0 Å². The number of alkyl halides is 1. The van der Waals surface area contributed by atoms with E-state index in [0.717, 1.165) is 6.08 Å². The van der Waals surface area contributed by atoms with Crippen LogP contribution in [-0.2, 0) is 4.79 Å².